The number of phenols is 1. The van der Waals surface area contributed by atoms with Crippen molar-refractivity contribution in [3.63, 3.8) is 0 Å². The van der Waals surface area contributed by atoms with Crippen molar-refractivity contribution in [3.8, 4) is 11.5 Å². The molecule has 22 heavy (non-hydrogen) atoms. The minimum absolute atomic E-state index is 0.257. The molecule has 0 bridgehead atoms. The molecule has 0 aliphatic heterocycles. The van der Waals surface area contributed by atoms with Gasteiger partial charge in [-0.3, -0.25) is 0 Å². The van der Waals surface area contributed by atoms with Gasteiger partial charge in [0.1, 0.15) is 11.5 Å². The van der Waals surface area contributed by atoms with E-state index in [1.165, 1.54) is 5.56 Å². The van der Waals surface area contributed by atoms with Gasteiger partial charge in [-0.25, -0.2) is 0 Å². The molecule has 0 spiro atoms. The normalized spacial score (nSPS) is 12.4. The predicted octanol–water partition coefficient (Wildman–Crippen LogP) is 2.79. The largest absolute Gasteiger partial charge is 0.508 e. The summed E-state index contributed by atoms with van der Waals surface area (Å²) in [6.07, 6.45) is 0. The van der Waals surface area contributed by atoms with Crippen LogP contribution < -0.4 is 10.1 Å². The van der Waals surface area contributed by atoms with Crippen molar-refractivity contribution in [2.45, 2.75) is 12.6 Å². The Labute approximate surface area is 132 Å². The molecule has 2 rings (SSSR count). The van der Waals surface area contributed by atoms with Crippen LogP contribution in [0.5, 0.6) is 11.5 Å². The lowest BCUT2D eigenvalue weighted by Crippen LogP contribution is -2.30. The van der Waals surface area contributed by atoms with Crippen LogP contribution in [0.1, 0.15) is 17.2 Å². The zero-order valence-electron chi connectivity index (χ0n) is 13.4. The zero-order valence-corrected chi connectivity index (χ0v) is 13.4. The maximum Gasteiger partial charge on any atom is 0.119 e. The third-order valence-electron chi connectivity index (χ3n) is 3.68. The Bertz CT molecular complexity index is 599. The van der Waals surface area contributed by atoms with Gasteiger partial charge < -0.3 is 20.1 Å². The minimum Gasteiger partial charge on any atom is -0.508 e. The van der Waals surface area contributed by atoms with Crippen LogP contribution in [0.25, 0.3) is 0 Å². The molecule has 2 aromatic rings. The van der Waals surface area contributed by atoms with Crippen LogP contribution in [0.2, 0.25) is 0 Å². The number of hydrogen-bond acceptors (Lipinski definition) is 4. The molecule has 1 unspecified atom stereocenters. The molecule has 0 aliphatic rings. The molecule has 0 heterocycles. The molecular weight excluding hydrogens is 276 g/mol. The molecule has 0 saturated heterocycles. The molecule has 2 N–H and O–H groups in total. The molecule has 0 saturated carbocycles. The number of hydrogen-bond donors (Lipinski definition) is 2. The fourth-order valence-electron chi connectivity index (χ4n) is 2.47. The van der Waals surface area contributed by atoms with Gasteiger partial charge in [-0.15, -0.1) is 0 Å². The van der Waals surface area contributed by atoms with Crippen molar-refractivity contribution in [2.24, 2.45) is 0 Å². The highest BCUT2D eigenvalue weighted by molar-refractivity contribution is 5.31. The van der Waals surface area contributed by atoms with E-state index in [0.29, 0.717) is 5.75 Å². The average molecular weight is 300 g/mol. The Kier molecular flexibility index (Phi) is 5.81. The van der Waals surface area contributed by atoms with Gasteiger partial charge in [0.15, 0.2) is 0 Å². The summed E-state index contributed by atoms with van der Waals surface area (Å²) in [6.45, 7) is 1.54. The molecule has 1 atom stereocenters. The molecule has 0 fully saturated rings. The van der Waals surface area contributed by atoms with Crippen molar-refractivity contribution in [2.75, 3.05) is 27.7 Å². The number of benzene rings is 2. The zero-order chi connectivity index (χ0) is 15.9. The van der Waals surface area contributed by atoms with E-state index < -0.39 is 0 Å². The number of methoxy groups -OCH3 is 1. The number of nitrogens with zero attached hydrogens (tertiary/aromatic N) is 1. The van der Waals surface area contributed by atoms with Crippen LogP contribution in [-0.2, 0) is 6.54 Å². The predicted molar refractivity (Wildman–Crippen MR) is 89.2 cm³/mol. The minimum atomic E-state index is 0.257. The summed E-state index contributed by atoms with van der Waals surface area (Å²) < 4.78 is 5.31. The molecular formula is C18H24N2O2. The second-order valence-corrected chi connectivity index (χ2v) is 5.56. The van der Waals surface area contributed by atoms with Gasteiger partial charge >= 0.3 is 0 Å². The first-order chi connectivity index (χ1) is 10.6. The third-order valence-corrected chi connectivity index (χ3v) is 3.68. The summed E-state index contributed by atoms with van der Waals surface area (Å²) in [5.74, 6) is 1.17. The Morgan fingerprint density at radius 3 is 2.59 bits per heavy atom. The summed E-state index contributed by atoms with van der Waals surface area (Å²) >= 11 is 0. The van der Waals surface area contributed by atoms with Gasteiger partial charge in [0.2, 0.25) is 0 Å². The SMILES string of the molecule is COc1cccc(C(CNCc2cccc(O)c2)N(C)C)c1. The van der Waals surface area contributed by atoms with Gasteiger partial charge in [-0.2, -0.15) is 0 Å². The van der Waals surface area contributed by atoms with E-state index in [4.69, 9.17) is 4.74 Å². The number of likely N-dealkylation sites (N-methyl/N-ethyl adjacent to an activating group) is 1. The van der Waals surface area contributed by atoms with Gasteiger partial charge in [0.25, 0.3) is 0 Å². The highest BCUT2D eigenvalue weighted by Gasteiger charge is 2.14. The van der Waals surface area contributed by atoms with Gasteiger partial charge in [0.05, 0.1) is 7.11 Å². The Morgan fingerprint density at radius 1 is 1.14 bits per heavy atom. The van der Waals surface area contributed by atoms with Crippen molar-refractivity contribution in [1.82, 2.24) is 10.2 Å². The quantitative estimate of drug-likeness (QED) is 0.825. The lowest BCUT2D eigenvalue weighted by molar-refractivity contribution is 0.287. The lowest BCUT2D eigenvalue weighted by Gasteiger charge is -2.25. The molecule has 0 radical (unpaired) electrons. The van der Waals surface area contributed by atoms with E-state index in [2.05, 4.69) is 36.4 Å². The summed E-state index contributed by atoms with van der Waals surface area (Å²) in [6, 6.07) is 15.7. The number of nitrogens with one attached hydrogen (secondary N) is 1. The van der Waals surface area contributed by atoms with E-state index in [1.54, 1.807) is 19.2 Å². The number of ether oxygens (including phenoxy) is 1. The number of aromatic hydroxyl groups is 1. The summed E-state index contributed by atoms with van der Waals surface area (Å²) in [7, 11) is 5.82. The smallest absolute Gasteiger partial charge is 0.119 e. The average Bonchev–Trinajstić information content (AvgIpc) is 2.51. The van der Waals surface area contributed by atoms with Crippen molar-refractivity contribution in [3.05, 3.63) is 59.7 Å². The number of phenolic OH excluding ortho intramolecular Hbond substituents is 1. The molecule has 0 aromatic heterocycles. The monoisotopic (exact) mass is 300 g/mol. The third kappa shape index (κ3) is 4.48. The standard InChI is InChI=1S/C18H24N2O2/c1-20(2)18(15-7-5-9-17(11-15)22-3)13-19-12-14-6-4-8-16(21)10-14/h4-11,18-19,21H,12-13H2,1-3H3. The Balaban J connectivity index is 2.00. The lowest BCUT2D eigenvalue weighted by atomic mass is 10.1. The van der Waals surface area contributed by atoms with Crippen molar-refractivity contribution >= 4 is 0 Å². The van der Waals surface area contributed by atoms with Crippen LogP contribution in [-0.4, -0.2) is 37.8 Å². The van der Waals surface area contributed by atoms with E-state index in [0.717, 1.165) is 24.4 Å². The molecule has 2 aromatic carbocycles. The van der Waals surface area contributed by atoms with Crippen LogP contribution in [0, 0.1) is 0 Å². The Hall–Kier alpha value is -2.04. The van der Waals surface area contributed by atoms with Gasteiger partial charge in [-0.05, 0) is 49.5 Å². The topological polar surface area (TPSA) is 44.7 Å². The van der Waals surface area contributed by atoms with E-state index in [9.17, 15) is 5.11 Å². The van der Waals surface area contributed by atoms with E-state index in [1.807, 2.05) is 24.3 Å². The van der Waals surface area contributed by atoms with Crippen LogP contribution >= 0.6 is 0 Å². The van der Waals surface area contributed by atoms with Crippen LogP contribution in [0.3, 0.4) is 0 Å². The molecule has 0 aliphatic carbocycles. The van der Waals surface area contributed by atoms with Gasteiger partial charge in [-0.1, -0.05) is 24.3 Å². The highest BCUT2D eigenvalue weighted by atomic mass is 16.5. The first kappa shape index (κ1) is 16.3. The second-order valence-electron chi connectivity index (χ2n) is 5.56. The van der Waals surface area contributed by atoms with Crippen molar-refractivity contribution in [1.29, 1.82) is 0 Å². The van der Waals surface area contributed by atoms with E-state index >= 15 is 0 Å². The maximum absolute atomic E-state index is 9.50. The second kappa shape index (κ2) is 7.82. The maximum atomic E-state index is 9.50. The van der Waals surface area contributed by atoms with Crippen LogP contribution in [0.15, 0.2) is 48.5 Å². The summed E-state index contributed by atoms with van der Waals surface area (Å²) in [5, 5.41) is 12.9. The fourth-order valence-corrected chi connectivity index (χ4v) is 2.47. The number of rotatable bonds is 7. The molecule has 118 valence electrons. The first-order valence-corrected chi connectivity index (χ1v) is 7.39. The van der Waals surface area contributed by atoms with Gasteiger partial charge in [0, 0.05) is 19.1 Å². The first-order valence-electron chi connectivity index (χ1n) is 7.39. The Morgan fingerprint density at radius 2 is 1.91 bits per heavy atom. The van der Waals surface area contributed by atoms with Crippen LogP contribution in [0.4, 0.5) is 0 Å². The summed E-state index contributed by atoms with van der Waals surface area (Å²) in [4.78, 5) is 2.18. The van der Waals surface area contributed by atoms with Crippen molar-refractivity contribution < 1.29 is 9.84 Å². The highest BCUT2D eigenvalue weighted by Crippen LogP contribution is 2.22. The molecule has 4 nitrogen and oxygen atoms in total. The summed E-state index contributed by atoms with van der Waals surface area (Å²) in [5.41, 5.74) is 2.29. The molecule has 0 amide bonds. The van der Waals surface area contributed by atoms with E-state index in [-0.39, 0.29) is 6.04 Å². The fraction of sp³-hybridized carbons (Fsp3) is 0.333. The molecule has 4 heteroatoms.